The van der Waals surface area contributed by atoms with Gasteiger partial charge in [-0.25, -0.2) is 0 Å². The Labute approximate surface area is 178 Å². The molecule has 0 bridgehead atoms. The largest absolute Gasteiger partial charge is 0.481 e. The first-order chi connectivity index (χ1) is 13.6. The Bertz CT molecular complexity index is 668. The van der Waals surface area contributed by atoms with Crippen molar-refractivity contribution in [1.29, 1.82) is 0 Å². The first-order valence-electron chi connectivity index (χ1n) is 9.73. The van der Waals surface area contributed by atoms with Crippen LogP contribution in [0.15, 0.2) is 30.3 Å². The molecule has 29 heavy (non-hydrogen) atoms. The van der Waals surface area contributed by atoms with Gasteiger partial charge in [-0.15, -0.1) is 0 Å². The number of rotatable bonds is 12. The highest BCUT2D eigenvalue weighted by atomic mass is 32.1. The van der Waals surface area contributed by atoms with Crippen LogP contribution in [0, 0.1) is 11.8 Å². The molecule has 2 unspecified atom stereocenters. The predicted molar refractivity (Wildman–Crippen MR) is 115 cm³/mol. The van der Waals surface area contributed by atoms with Gasteiger partial charge in [-0.1, -0.05) is 44.2 Å². The second kappa shape index (κ2) is 12.5. The van der Waals surface area contributed by atoms with Crippen molar-refractivity contribution in [2.24, 2.45) is 11.8 Å². The molecule has 0 spiro atoms. The van der Waals surface area contributed by atoms with Gasteiger partial charge < -0.3 is 20.5 Å². The summed E-state index contributed by atoms with van der Waals surface area (Å²) in [5.74, 6) is -2.27. The zero-order valence-electron chi connectivity index (χ0n) is 17.4. The maximum Gasteiger partial charge on any atom is 0.304 e. The lowest BCUT2D eigenvalue weighted by Crippen LogP contribution is -2.54. The number of hydrogen-bond donors (Lipinski definition) is 4. The van der Waals surface area contributed by atoms with Crippen LogP contribution in [-0.4, -0.2) is 47.3 Å². The maximum absolute atomic E-state index is 12.9. The van der Waals surface area contributed by atoms with Crippen molar-refractivity contribution in [3.8, 4) is 0 Å². The first kappa shape index (κ1) is 25.0. The van der Waals surface area contributed by atoms with Crippen molar-refractivity contribution in [1.82, 2.24) is 10.6 Å². The summed E-state index contributed by atoms with van der Waals surface area (Å²) in [6, 6.07) is 8.61. The van der Waals surface area contributed by atoms with Gasteiger partial charge in [0, 0.05) is 12.3 Å². The molecule has 1 rings (SSSR count). The van der Waals surface area contributed by atoms with Crippen LogP contribution in [0.1, 0.15) is 39.2 Å². The molecule has 3 N–H and O–H groups in total. The number of carboxylic acids is 1. The van der Waals surface area contributed by atoms with Crippen LogP contribution in [0.4, 0.5) is 0 Å². The Hall–Kier alpha value is -2.06. The number of carbonyl (C=O) groups is 3. The number of aliphatic carboxylic acids is 1. The smallest absolute Gasteiger partial charge is 0.304 e. The van der Waals surface area contributed by atoms with Crippen LogP contribution < -0.4 is 10.6 Å². The molecule has 0 radical (unpaired) electrons. The lowest BCUT2D eigenvalue weighted by atomic mass is 9.91. The molecule has 1 aromatic carbocycles. The summed E-state index contributed by atoms with van der Waals surface area (Å²) in [7, 11) is 1.49. The number of ether oxygens (including phenoxy) is 1. The molecule has 1 aromatic rings. The third-order valence-corrected chi connectivity index (χ3v) is 5.10. The molecule has 0 aliphatic heterocycles. The highest BCUT2D eigenvalue weighted by Crippen LogP contribution is 2.23. The Morgan fingerprint density at radius 2 is 1.72 bits per heavy atom. The van der Waals surface area contributed by atoms with Crippen molar-refractivity contribution < 1.29 is 24.2 Å². The average Bonchev–Trinajstić information content (AvgIpc) is 2.67. The minimum Gasteiger partial charge on any atom is -0.481 e. The van der Waals surface area contributed by atoms with Crippen LogP contribution >= 0.6 is 12.6 Å². The third kappa shape index (κ3) is 8.87. The maximum atomic E-state index is 12.9. The van der Waals surface area contributed by atoms with Crippen molar-refractivity contribution >= 4 is 30.4 Å². The number of thiol groups is 1. The fourth-order valence-corrected chi connectivity index (χ4v) is 3.39. The van der Waals surface area contributed by atoms with E-state index in [0.29, 0.717) is 13.0 Å². The van der Waals surface area contributed by atoms with E-state index in [9.17, 15) is 14.4 Å². The lowest BCUT2D eigenvalue weighted by Gasteiger charge is -2.28. The van der Waals surface area contributed by atoms with Crippen LogP contribution in [-0.2, 0) is 25.7 Å². The van der Waals surface area contributed by atoms with Crippen LogP contribution in [0.2, 0.25) is 0 Å². The average molecular weight is 425 g/mol. The SMILES string of the molecule is CNC(=O)[C@H](NC(=O)C(CC(C)C)C(S)CC(=O)O)[C@@H](C)OCc1ccccc1. The second-order valence-corrected chi connectivity index (χ2v) is 8.17. The highest BCUT2D eigenvalue weighted by molar-refractivity contribution is 7.81. The van der Waals surface area contributed by atoms with E-state index in [-0.39, 0.29) is 18.2 Å². The molecule has 0 aromatic heterocycles. The molecule has 7 nitrogen and oxygen atoms in total. The molecule has 0 aliphatic rings. The molecule has 0 heterocycles. The van der Waals surface area contributed by atoms with E-state index in [2.05, 4.69) is 23.3 Å². The standard InChI is InChI=1S/C21H32N2O5S/c1-13(2)10-16(17(29)11-18(24)25)20(26)23-19(21(27)22-4)14(3)28-12-15-8-6-5-7-9-15/h5-9,13-14,16-17,19,29H,10-12H2,1-4H3,(H,22,27)(H,23,26)(H,24,25)/t14-,16?,17?,19-/m1/s1. The summed E-state index contributed by atoms with van der Waals surface area (Å²) in [5, 5.41) is 13.7. The number of likely N-dealkylation sites (N-methyl/N-ethyl adjacent to an activating group) is 1. The topological polar surface area (TPSA) is 105 Å². The van der Waals surface area contributed by atoms with Gasteiger partial charge >= 0.3 is 5.97 Å². The van der Waals surface area contributed by atoms with E-state index < -0.39 is 35.2 Å². The van der Waals surface area contributed by atoms with Gasteiger partial charge in [0.05, 0.1) is 25.0 Å². The summed E-state index contributed by atoms with van der Waals surface area (Å²) < 4.78 is 5.81. The number of carbonyl (C=O) groups excluding carboxylic acids is 2. The Morgan fingerprint density at radius 3 is 2.24 bits per heavy atom. The van der Waals surface area contributed by atoms with Gasteiger partial charge in [0.25, 0.3) is 0 Å². The lowest BCUT2D eigenvalue weighted by molar-refractivity contribution is -0.138. The van der Waals surface area contributed by atoms with Crippen molar-refractivity contribution in [3.63, 3.8) is 0 Å². The summed E-state index contributed by atoms with van der Waals surface area (Å²) in [4.78, 5) is 36.4. The van der Waals surface area contributed by atoms with E-state index in [1.807, 2.05) is 44.2 Å². The second-order valence-electron chi connectivity index (χ2n) is 7.50. The molecule has 162 valence electrons. The molecule has 0 saturated carbocycles. The third-order valence-electron chi connectivity index (χ3n) is 4.56. The van der Waals surface area contributed by atoms with E-state index >= 15 is 0 Å². The van der Waals surface area contributed by atoms with E-state index in [4.69, 9.17) is 9.84 Å². The quantitative estimate of drug-likeness (QED) is 0.385. The monoisotopic (exact) mass is 424 g/mol. The molecular formula is C21H32N2O5S. The number of hydrogen-bond acceptors (Lipinski definition) is 5. The summed E-state index contributed by atoms with van der Waals surface area (Å²) in [6.07, 6.45) is -0.359. The Balaban J connectivity index is 2.88. The fraction of sp³-hybridized carbons (Fsp3) is 0.571. The van der Waals surface area contributed by atoms with Gasteiger partial charge in [0.15, 0.2) is 0 Å². The molecule has 4 atom stereocenters. The molecular weight excluding hydrogens is 392 g/mol. The van der Waals surface area contributed by atoms with Gasteiger partial charge in [0.1, 0.15) is 6.04 Å². The van der Waals surface area contributed by atoms with Crippen LogP contribution in [0.5, 0.6) is 0 Å². The minimum absolute atomic E-state index is 0.166. The zero-order valence-corrected chi connectivity index (χ0v) is 18.3. The van der Waals surface area contributed by atoms with Gasteiger partial charge in [-0.2, -0.15) is 12.6 Å². The Kier molecular flexibility index (Phi) is 10.8. The molecule has 2 amide bonds. The Morgan fingerprint density at radius 1 is 1.10 bits per heavy atom. The molecule has 0 fully saturated rings. The van der Waals surface area contributed by atoms with Crippen LogP contribution in [0.3, 0.4) is 0 Å². The first-order valence-corrected chi connectivity index (χ1v) is 10.2. The molecule has 0 aliphatic carbocycles. The zero-order chi connectivity index (χ0) is 22.0. The summed E-state index contributed by atoms with van der Waals surface area (Å²) >= 11 is 4.34. The van der Waals surface area contributed by atoms with E-state index in [0.717, 1.165) is 5.56 Å². The van der Waals surface area contributed by atoms with Gasteiger partial charge in [-0.3, -0.25) is 14.4 Å². The normalized spacial score (nSPS) is 15.2. The molecule has 0 saturated heterocycles. The summed E-state index contributed by atoms with van der Waals surface area (Å²) in [5.41, 5.74) is 0.955. The van der Waals surface area contributed by atoms with Gasteiger partial charge in [0.2, 0.25) is 11.8 Å². The van der Waals surface area contributed by atoms with E-state index in [1.165, 1.54) is 7.05 Å². The minimum atomic E-state index is -1.02. The highest BCUT2D eigenvalue weighted by Gasteiger charge is 2.33. The summed E-state index contributed by atoms with van der Waals surface area (Å²) in [6.45, 7) is 5.91. The van der Waals surface area contributed by atoms with Gasteiger partial charge in [-0.05, 0) is 24.8 Å². The number of benzene rings is 1. The van der Waals surface area contributed by atoms with Crippen molar-refractivity contribution in [3.05, 3.63) is 35.9 Å². The number of amides is 2. The fourth-order valence-electron chi connectivity index (χ4n) is 2.98. The predicted octanol–water partition coefficient (Wildman–Crippen LogP) is 2.26. The molecule has 8 heteroatoms. The van der Waals surface area contributed by atoms with Crippen molar-refractivity contribution in [2.75, 3.05) is 7.05 Å². The number of nitrogens with one attached hydrogen (secondary N) is 2. The van der Waals surface area contributed by atoms with E-state index in [1.54, 1.807) is 6.92 Å². The van der Waals surface area contributed by atoms with Crippen molar-refractivity contribution in [2.45, 2.75) is 57.6 Å². The number of carboxylic acid groups (broad SMARTS) is 1. The van der Waals surface area contributed by atoms with Crippen LogP contribution in [0.25, 0.3) is 0 Å².